The SMILES string of the molecule is Cn1c(=O)oc2ccc(S(=O)(=O)NCc3ccc(C(=O)c4ccccc4)s3)cc21. The molecule has 7 nitrogen and oxygen atoms in total. The first-order valence-electron chi connectivity index (χ1n) is 8.63. The maximum Gasteiger partial charge on any atom is 0.419 e. The van der Waals surface area contributed by atoms with Crippen molar-refractivity contribution in [3.63, 3.8) is 0 Å². The Morgan fingerprint density at radius 1 is 1.10 bits per heavy atom. The summed E-state index contributed by atoms with van der Waals surface area (Å²) in [6.45, 7) is 0.0530. The molecule has 0 atom stereocenters. The van der Waals surface area contributed by atoms with Gasteiger partial charge in [-0.1, -0.05) is 30.3 Å². The van der Waals surface area contributed by atoms with Gasteiger partial charge in [0.15, 0.2) is 5.58 Å². The van der Waals surface area contributed by atoms with Gasteiger partial charge in [-0.2, -0.15) is 0 Å². The zero-order valence-electron chi connectivity index (χ0n) is 15.3. The van der Waals surface area contributed by atoms with E-state index in [0.29, 0.717) is 26.4 Å². The predicted octanol–water partition coefficient (Wildman–Crippen LogP) is 2.90. The third-order valence-corrected chi connectivity index (χ3v) is 6.91. The fourth-order valence-corrected chi connectivity index (χ4v) is 4.88. The van der Waals surface area contributed by atoms with E-state index >= 15 is 0 Å². The molecule has 29 heavy (non-hydrogen) atoms. The number of hydrogen-bond acceptors (Lipinski definition) is 6. The zero-order valence-corrected chi connectivity index (χ0v) is 16.9. The number of benzene rings is 2. The van der Waals surface area contributed by atoms with Crippen LogP contribution in [-0.2, 0) is 23.6 Å². The first-order chi connectivity index (χ1) is 13.8. The fourth-order valence-electron chi connectivity index (χ4n) is 2.85. The molecule has 4 aromatic rings. The standard InChI is InChI=1S/C20H16N2O5S2/c1-22-16-11-15(8-9-17(16)27-20(22)24)29(25,26)21-12-14-7-10-18(28-14)19(23)13-5-3-2-4-6-13/h2-11,21H,12H2,1H3. The minimum atomic E-state index is -3.81. The number of nitrogens with one attached hydrogen (secondary N) is 1. The summed E-state index contributed by atoms with van der Waals surface area (Å²) in [7, 11) is -2.30. The fraction of sp³-hybridized carbons (Fsp3) is 0.100. The second-order valence-electron chi connectivity index (χ2n) is 6.34. The Morgan fingerprint density at radius 3 is 2.62 bits per heavy atom. The van der Waals surface area contributed by atoms with Crippen LogP contribution in [0.4, 0.5) is 0 Å². The van der Waals surface area contributed by atoms with Crippen molar-refractivity contribution in [2.75, 3.05) is 0 Å². The second kappa shape index (κ2) is 7.43. The second-order valence-corrected chi connectivity index (χ2v) is 9.28. The Morgan fingerprint density at radius 2 is 1.86 bits per heavy atom. The average molecular weight is 428 g/mol. The van der Waals surface area contributed by atoms with Gasteiger partial charge in [-0.15, -0.1) is 11.3 Å². The number of carbonyl (C=O) groups is 1. The number of aryl methyl sites for hydroxylation is 1. The van der Waals surface area contributed by atoms with E-state index in [2.05, 4.69) is 4.72 Å². The van der Waals surface area contributed by atoms with Crippen LogP contribution >= 0.6 is 11.3 Å². The van der Waals surface area contributed by atoms with Crippen molar-refractivity contribution in [3.05, 3.63) is 86.5 Å². The number of thiophene rings is 1. The molecule has 0 unspecified atom stereocenters. The number of ketones is 1. The predicted molar refractivity (Wildman–Crippen MR) is 110 cm³/mol. The van der Waals surface area contributed by atoms with Crippen LogP contribution in [0, 0.1) is 0 Å². The molecule has 148 valence electrons. The van der Waals surface area contributed by atoms with Crippen LogP contribution in [0.5, 0.6) is 0 Å². The quantitative estimate of drug-likeness (QED) is 0.476. The van der Waals surface area contributed by atoms with E-state index in [-0.39, 0.29) is 17.2 Å². The van der Waals surface area contributed by atoms with Gasteiger partial charge in [0.1, 0.15) is 0 Å². The van der Waals surface area contributed by atoms with E-state index in [1.807, 2.05) is 6.07 Å². The summed E-state index contributed by atoms with van der Waals surface area (Å²) >= 11 is 1.24. The molecule has 2 aromatic heterocycles. The molecule has 0 amide bonds. The van der Waals surface area contributed by atoms with E-state index in [1.165, 1.54) is 41.2 Å². The molecule has 9 heteroatoms. The van der Waals surface area contributed by atoms with Gasteiger partial charge < -0.3 is 4.42 Å². The number of fused-ring (bicyclic) bond motifs is 1. The summed E-state index contributed by atoms with van der Waals surface area (Å²) in [5.41, 5.74) is 1.30. The molecule has 4 rings (SSSR count). The number of aromatic nitrogens is 1. The third-order valence-electron chi connectivity index (χ3n) is 4.43. The summed E-state index contributed by atoms with van der Waals surface area (Å²) in [5.74, 6) is -0.660. The summed E-state index contributed by atoms with van der Waals surface area (Å²) in [6.07, 6.45) is 0. The zero-order chi connectivity index (χ0) is 20.6. The van der Waals surface area contributed by atoms with Crippen LogP contribution in [0.15, 0.2) is 74.8 Å². The first-order valence-corrected chi connectivity index (χ1v) is 10.9. The van der Waals surface area contributed by atoms with Crippen LogP contribution in [0.3, 0.4) is 0 Å². The molecule has 1 N–H and O–H groups in total. The van der Waals surface area contributed by atoms with Crippen molar-refractivity contribution in [3.8, 4) is 0 Å². The Balaban J connectivity index is 1.51. The summed E-state index contributed by atoms with van der Waals surface area (Å²) in [6, 6.07) is 16.5. The Bertz CT molecular complexity index is 1360. The van der Waals surface area contributed by atoms with Crippen molar-refractivity contribution in [1.82, 2.24) is 9.29 Å². The van der Waals surface area contributed by atoms with E-state index in [0.717, 1.165) is 0 Å². The molecule has 0 saturated heterocycles. The molecule has 0 fully saturated rings. The Hall–Kier alpha value is -3.01. The molecule has 0 aliphatic carbocycles. The van der Waals surface area contributed by atoms with Gasteiger partial charge in [0.25, 0.3) is 0 Å². The molecule has 0 aliphatic rings. The van der Waals surface area contributed by atoms with Gasteiger partial charge in [-0.3, -0.25) is 9.36 Å². The molecule has 0 spiro atoms. The minimum Gasteiger partial charge on any atom is -0.408 e. The maximum absolute atomic E-state index is 12.6. The average Bonchev–Trinajstić information content (AvgIpc) is 3.31. The van der Waals surface area contributed by atoms with Gasteiger partial charge in [-0.05, 0) is 30.3 Å². The minimum absolute atomic E-state index is 0.0264. The molecule has 0 aliphatic heterocycles. The van der Waals surface area contributed by atoms with Crippen molar-refractivity contribution >= 4 is 38.2 Å². The third kappa shape index (κ3) is 3.80. The van der Waals surface area contributed by atoms with Gasteiger partial charge in [0, 0.05) is 24.0 Å². The van der Waals surface area contributed by atoms with Crippen LogP contribution < -0.4 is 10.5 Å². The largest absolute Gasteiger partial charge is 0.419 e. The lowest BCUT2D eigenvalue weighted by Crippen LogP contribution is -2.22. The number of sulfonamides is 1. The normalized spacial score (nSPS) is 11.8. The van der Waals surface area contributed by atoms with E-state index in [4.69, 9.17) is 4.42 Å². The number of hydrogen-bond donors (Lipinski definition) is 1. The molecule has 0 bridgehead atoms. The molecule has 2 heterocycles. The summed E-state index contributed by atoms with van der Waals surface area (Å²) in [4.78, 5) is 25.3. The first kappa shape index (κ1) is 19.3. The number of nitrogens with zero attached hydrogens (tertiary/aromatic N) is 1. The highest BCUT2D eigenvalue weighted by Crippen LogP contribution is 2.22. The number of oxazole rings is 1. The van der Waals surface area contributed by atoms with Crippen LogP contribution in [-0.4, -0.2) is 18.8 Å². The maximum atomic E-state index is 12.6. The van der Waals surface area contributed by atoms with Crippen molar-refractivity contribution in [1.29, 1.82) is 0 Å². The number of carbonyl (C=O) groups excluding carboxylic acids is 1. The highest BCUT2D eigenvalue weighted by atomic mass is 32.2. The van der Waals surface area contributed by atoms with E-state index in [1.54, 1.807) is 36.4 Å². The van der Waals surface area contributed by atoms with Gasteiger partial charge in [0.2, 0.25) is 15.8 Å². The van der Waals surface area contributed by atoms with Crippen LogP contribution in [0.25, 0.3) is 11.1 Å². The Kier molecular flexibility index (Phi) is 4.95. The van der Waals surface area contributed by atoms with E-state index < -0.39 is 15.8 Å². The molecule has 0 saturated carbocycles. The van der Waals surface area contributed by atoms with Crippen LogP contribution in [0.2, 0.25) is 0 Å². The lowest BCUT2D eigenvalue weighted by Gasteiger charge is -2.06. The lowest BCUT2D eigenvalue weighted by atomic mass is 10.1. The monoisotopic (exact) mass is 428 g/mol. The highest BCUT2D eigenvalue weighted by Gasteiger charge is 2.18. The van der Waals surface area contributed by atoms with Gasteiger partial charge in [-0.25, -0.2) is 17.9 Å². The topological polar surface area (TPSA) is 98.4 Å². The molecular weight excluding hydrogens is 412 g/mol. The van der Waals surface area contributed by atoms with Crippen molar-refractivity contribution < 1.29 is 17.6 Å². The summed E-state index contributed by atoms with van der Waals surface area (Å²) in [5, 5.41) is 0. The van der Waals surface area contributed by atoms with Crippen molar-refractivity contribution in [2.24, 2.45) is 7.05 Å². The van der Waals surface area contributed by atoms with Crippen LogP contribution in [0.1, 0.15) is 20.1 Å². The molecule has 0 radical (unpaired) electrons. The lowest BCUT2D eigenvalue weighted by molar-refractivity contribution is 0.104. The summed E-state index contributed by atoms with van der Waals surface area (Å²) < 4.78 is 34.1. The van der Waals surface area contributed by atoms with E-state index in [9.17, 15) is 18.0 Å². The van der Waals surface area contributed by atoms with Gasteiger partial charge in [0.05, 0.1) is 15.3 Å². The molecular formula is C20H16N2O5S2. The van der Waals surface area contributed by atoms with Gasteiger partial charge >= 0.3 is 5.76 Å². The number of rotatable bonds is 6. The smallest absolute Gasteiger partial charge is 0.408 e. The van der Waals surface area contributed by atoms with Crippen molar-refractivity contribution in [2.45, 2.75) is 11.4 Å². The highest BCUT2D eigenvalue weighted by molar-refractivity contribution is 7.89. The molecule has 2 aromatic carbocycles. The Labute approximate surface area is 170 Å².